The van der Waals surface area contributed by atoms with Crippen molar-refractivity contribution in [2.45, 2.75) is 55.6 Å². The number of aromatic hydroxyl groups is 2. The number of Topliss-reactive ketones (excluding diaryl/α,β-unsaturated/α-hetero) is 4. The van der Waals surface area contributed by atoms with Gasteiger partial charge in [-0.05, 0) is 94.5 Å². The summed E-state index contributed by atoms with van der Waals surface area (Å²) in [6.07, 6.45) is 0.849. The molecule has 67 heavy (non-hydrogen) atoms. The lowest BCUT2D eigenvalue weighted by molar-refractivity contribution is -0.163. The SMILES string of the molecule is CN(C)[C@@H]1C(=O)C(C(N)=O)=C(O)[C@@]2(O)C(=O)C3=C(O)c4c(O)cccc4C[C@H]3C[C@@H]12.CN(C)[C@@H]1C(OCc2ccccc2)=C(C(N)=O)C(=O)[C@@]2(O)C(=O)C3=C(O)c4c(O)cccc4C[C@H]3C[C@@H]12. The van der Waals surface area contributed by atoms with Crippen molar-refractivity contribution < 1.29 is 69.2 Å². The van der Waals surface area contributed by atoms with Gasteiger partial charge in [0, 0.05) is 23.0 Å². The van der Waals surface area contributed by atoms with Crippen molar-refractivity contribution in [3.8, 4) is 11.5 Å². The number of nitrogens with two attached hydrogens (primary N) is 2. The van der Waals surface area contributed by atoms with E-state index in [4.69, 9.17) is 16.2 Å². The first-order valence-corrected chi connectivity index (χ1v) is 21.5. The van der Waals surface area contributed by atoms with E-state index in [0.717, 1.165) is 5.56 Å². The fourth-order valence-electron chi connectivity index (χ4n) is 11.2. The number of aliphatic hydroxyl groups is 5. The molecule has 350 valence electrons. The summed E-state index contributed by atoms with van der Waals surface area (Å²) >= 11 is 0. The van der Waals surface area contributed by atoms with Crippen LogP contribution in [0.2, 0.25) is 0 Å². The molecule has 6 aliphatic rings. The third-order valence-electron chi connectivity index (χ3n) is 14.1. The van der Waals surface area contributed by atoms with Gasteiger partial charge in [-0.1, -0.05) is 54.6 Å². The molecular weight excluding hydrogens is 869 g/mol. The number of ketones is 4. The number of carbonyl (C=O) groups excluding carboxylic acids is 6. The average Bonchev–Trinajstić information content (AvgIpc) is 3.25. The number of benzene rings is 3. The van der Waals surface area contributed by atoms with E-state index in [1.807, 2.05) is 30.3 Å². The van der Waals surface area contributed by atoms with E-state index in [1.165, 1.54) is 17.0 Å². The summed E-state index contributed by atoms with van der Waals surface area (Å²) in [6.45, 7) is 0.0473. The first-order valence-electron chi connectivity index (χ1n) is 21.5. The number of phenolic OH excluding ortho intramolecular Hbond substituents is 2. The Morgan fingerprint density at radius 3 is 1.55 bits per heavy atom. The molecule has 3 aromatic rings. The Kier molecular flexibility index (Phi) is 11.5. The minimum absolute atomic E-state index is 0.0133. The van der Waals surface area contributed by atoms with Gasteiger partial charge in [0.25, 0.3) is 11.8 Å². The van der Waals surface area contributed by atoms with Crippen molar-refractivity contribution in [2.24, 2.45) is 35.1 Å². The van der Waals surface area contributed by atoms with Gasteiger partial charge >= 0.3 is 0 Å². The molecule has 0 bridgehead atoms. The molecule has 0 radical (unpaired) electrons. The highest BCUT2D eigenvalue weighted by molar-refractivity contribution is 6.33. The van der Waals surface area contributed by atoms with E-state index < -0.39 is 110 Å². The maximum atomic E-state index is 13.9. The zero-order valence-electron chi connectivity index (χ0n) is 36.9. The van der Waals surface area contributed by atoms with Crippen LogP contribution in [0.25, 0.3) is 11.5 Å². The summed E-state index contributed by atoms with van der Waals surface area (Å²) in [5.41, 5.74) is 6.24. The van der Waals surface area contributed by atoms with Gasteiger partial charge in [0.05, 0.1) is 23.2 Å². The molecule has 8 atom stereocenters. The fourth-order valence-corrected chi connectivity index (χ4v) is 11.2. The highest BCUT2D eigenvalue weighted by atomic mass is 16.5. The Balaban J connectivity index is 0.000000186. The van der Waals surface area contributed by atoms with Crippen LogP contribution < -0.4 is 11.5 Å². The van der Waals surface area contributed by atoms with Gasteiger partial charge in [0.2, 0.25) is 17.3 Å². The molecule has 3 aromatic carbocycles. The lowest BCUT2D eigenvalue weighted by Gasteiger charge is -2.50. The predicted octanol–water partition coefficient (Wildman–Crippen LogP) is 1.59. The van der Waals surface area contributed by atoms with E-state index in [-0.39, 0.29) is 59.0 Å². The standard InChI is InChI=1S/C28H28N2O7.C21H22N2O7/c1-30(2)22-17-12-16-11-15-9-6-10-18(31)19(15)23(32)20(16)25(33)28(17,36)26(34)21(27(29)35)24(22)37-13-14-7-4-3-5-8-14;1-23(2)15-10-7-9-6-8-4-3-5-11(24)12(8)16(25)13(9)18(27)21(10,30)19(28)14(17(15)26)20(22)29/h3-10,16-17,22,31-32,36H,11-13H2,1-2H3,(H2,29,35);3-5,9-10,15,24-25,28,30H,6-7H2,1-2H3,(H2,22,29)/t16-,17-,22-,28-;9-,10-,15-,21-/m00/s1. The minimum Gasteiger partial charge on any atom is -0.508 e. The second-order valence-electron chi connectivity index (χ2n) is 18.3. The third-order valence-corrected chi connectivity index (χ3v) is 14.1. The predicted molar refractivity (Wildman–Crippen MR) is 237 cm³/mol. The molecule has 0 spiro atoms. The van der Waals surface area contributed by atoms with Crippen molar-refractivity contribution in [3.05, 3.63) is 128 Å². The summed E-state index contributed by atoms with van der Waals surface area (Å²) < 4.78 is 6.05. The minimum atomic E-state index is -2.64. The molecule has 6 aliphatic carbocycles. The molecule has 18 heteroatoms. The Morgan fingerprint density at radius 2 is 1.09 bits per heavy atom. The van der Waals surface area contributed by atoms with Crippen molar-refractivity contribution in [3.63, 3.8) is 0 Å². The van der Waals surface area contributed by atoms with E-state index in [1.54, 1.807) is 57.4 Å². The first-order chi connectivity index (χ1) is 31.6. The Hall–Kier alpha value is -7.12. The Labute approximate surface area is 383 Å². The van der Waals surface area contributed by atoms with Gasteiger partial charge < -0.3 is 51.9 Å². The quantitative estimate of drug-likeness (QED) is 0.120. The van der Waals surface area contributed by atoms with E-state index in [0.29, 0.717) is 24.0 Å². The molecule has 18 nitrogen and oxygen atoms in total. The topological polar surface area (TPSA) is 312 Å². The fraction of sp³-hybridized carbons (Fsp3) is 0.347. The highest BCUT2D eigenvalue weighted by Crippen LogP contribution is 2.54. The van der Waals surface area contributed by atoms with Crippen LogP contribution in [-0.2, 0) is 53.0 Å². The smallest absolute Gasteiger partial charge is 0.255 e. The largest absolute Gasteiger partial charge is 0.508 e. The van der Waals surface area contributed by atoms with E-state index in [2.05, 4.69) is 0 Å². The number of primary amides is 2. The number of amides is 2. The van der Waals surface area contributed by atoms with Gasteiger partial charge in [-0.3, -0.25) is 38.6 Å². The number of fused-ring (bicyclic) bond motifs is 6. The van der Waals surface area contributed by atoms with Crippen LogP contribution in [0.15, 0.2) is 101 Å². The van der Waals surface area contributed by atoms with Crippen LogP contribution >= 0.6 is 0 Å². The Bertz CT molecular complexity index is 2830. The lowest BCUT2D eigenvalue weighted by atomic mass is 9.57. The van der Waals surface area contributed by atoms with E-state index in [9.17, 15) is 64.5 Å². The molecule has 0 aromatic heterocycles. The van der Waals surface area contributed by atoms with Crippen LogP contribution in [-0.4, -0.2) is 132 Å². The summed E-state index contributed by atoms with van der Waals surface area (Å²) in [4.78, 5) is 81.6. The molecule has 2 saturated carbocycles. The second kappa shape index (κ2) is 16.6. The van der Waals surface area contributed by atoms with Crippen molar-refractivity contribution >= 4 is 46.5 Å². The number of likely N-dealkylation sites (N-methyl/N-ethyl adjacent to an activating group) is 2. The summed E-state index contributed by atoms with van der Waals surface area (Å²) in [6, 6.07) is 16.7. The number of phenols is 2. The monoisotopic (exact) mass is 918 g/mol. The number of ether oxygens (including phenoxy) is 1. The second-order valence-corrected chi connectivity index (χ2v) is 18.3. The van der Waals surface area contributed by atoms with Crippen LogP contribution in [0.3, 0.4) is 0 Å². The molecule has 9 rings (SSSR count). The zero-order chi connectivity index (χ0) is 48.8. The molecule has 11 N–H and O–H groups in total. The van der Waals surface area contributed by atoms with E-state index >= 15 is 0 Å². The third kappa shape index (κ3) is 6.92. The van der Waals surface area contributed by atoms with Crippen LogP contribution in [0.5, 0.6) is 11.5 Å². The summed E-state index contributed by atoms with van der Waals surface area (Å²) in [5, 5.41) is 76.3. The molecule has 2 fully saturated rings. The normalized spacial score (nSPS) is 28.8. The molecule has 0 heterocycles. The van der Waals surface area contributed by atoms with Gasteiger partial charge in [0.15, 0.2) is 17.0 Å². The van der Waals surface area contributed by atoms with Gasteiger partial charge in [-0.2, -0.15) is 0 Å². The van der Waals surface area contributed by atoms with Gasteiger partial charge in [0.1, 0.15) is 52.3 Å². The molecule has 0 aliphatic heterocycles. The van der Waals surface area contributed by atoms with Crippen LogP contribution in [0.1, 0.15) is 40.7 Å². The van der Waals surface area contributed by atoms with Crippen molar-refractivity contribution in [1.82, 2.24) is 9.80 Å². The number of aliphatic hydroxyl groups excluding tert-OH is 3. The number of rotatable bonds is 7. The number of nitrogens with zero attached hydrogens (tertiary/aromatic N) is 2. The first kappa shape index (κ1) is 46.4. The molecule has 0 saturated heterocycles. The van der Waals surface area contributed by atoms with Gasteiger partial charge in [-0.25, -0.2) is 0 Å². The zero-order valence-corrected chi connectivity index (χ0v) is 36.9. The summed E-state index contributed by atoms with van der Waals surface area (Å²) in [7, 11) is 6.52. The molecule has 0 unspecified atom stereocenters. The number of hydrogen-bond acceptors (Lipinski definition) is 16. The highest BCUT2D eigenvalue weighted by Gasteiger charge is 2.66. The number of carbonyl (C=O) groups is 6. The average molecular weight is 919 g/mol. The van der Waals surface area contributed by atoms with Crippen LogP contribution in [0, 0.1) is 23.7 Å². The van der Waals surface area contributed by atoms with Crippen molar-refractivity contribution in [2.75, 3.05) is 28.2 Å². The Morgan fingerprint density at radius 1 is 0.627 bits per heavy atom. The van der Waals surface area contributed by atoms with Crippen molar-refractivity contribution in [1.29, 1.82) is 0 Å². The van der Waals surface area contributed by atoms with Gasteiger partial charge in [-0.15, -0.1) is 0 Å². The summed E-state index contributed by atoms with van der Waals surface area (Å²) in [5.74, 6) is -11.8. The number of hydrogen-bond donors (Lipinski definition) is 9. The maximum absolute atomic E-state index is 13.9. The lowest BCUT2D eigenvalue weighted by Crippen LogP contribution is -2.67. The maximum Gasteiger partial charge on any atom is 0.255 e. The molecule has 2 amide bonds. The molecular formula is C49H50N4O14. The van der Waals surface area contributed by atoms with Crippen LogP contribution in [0.4, 0.5) is 0 Å².